The van der Waals surface area contributed by atoms with Crippen LogP contribution in [-0.4, -0.2) is 29.7 Å². The molecule has 2 atom stereocenters. The molecular formula is C16H32O6. The van der Waals surface area contributed by atoms with Gasteiger partial charge in [0.25, 0.3) is 6.29 Å². The van der Waals surface area contributed by atoms with Crippen LogP contribution in [0.15, 0.2) is 0 Å². The van der Waals surface area contributed by atoms with Gasteiger partial charge >= 0.3 is 0 Å². The first kappa shape index (κ1) is 19.8. The van der Waals surface area contributed by atoms with Crippen LogP contribution in [0.5, 0.6) is 0 Å². The normalized spacial score (nSPS) is 20.0. The SMILES string of the molecule is CC(CC(C)(C)C(OOC(C)(C)C)C1OO1)OOC(C)(C)C. The Morgan fingerprint density at radius 1 is 0.818 bits per heavy atom. The average Bonchev–Trinajstić information content (AvgIpc) is 3.07. The van der Waals surface area contributed by atoms with Gasteiger partial charge in [-0.15, -0.1) is 0 Å². The van der Waals surface area contributed by atoms with Crippen LogP contribution in [0.2, 0.25) is 0 Å². The van der Waals surface area contributed by atoms with Crippen LogP contribution in [0.25, 0.3) is 0 Å². The van der Waals surface area contributed by atoms with Crippen molar-refractivity contribution in [2.75, 3.05) is 0 Å². The highest BCUT2D eigenvalue weighted by Crippen LogP contribution is 2.38. The summed E-state index contributed by atoms with van der Waals surface area (Å²) in [6, 6.07) is 0. The number of hydrogen-bond donors (Lipinski definition) is 0. The molecule has 22 heavy (non-hydrogen) atoms. The van der Waals surface area contributed by atoms with Gasteiger partial charge in [-0.2, -0.15) is 9.78 Å². The lowest BCUT2D eigenvalue weighted by molar-refractivity contribution is -0.398. The van der Waals surface area contributed by atoms with Gasteiger partial charge in [-0.1, -0.05) is 13.8 Å². The van der Waals surface area contributed by atoms with Crippen molar-refractivity contribution in [1.29, 1.82) is 0 Å². The Morgan fingerprint density at radius 3 is 1.68 bits per heavy atom. The highest BCUT2D eigenvalue weighted by Gasteiger charge is 2.48. The zero-order valence-electron chi connectivity index (χ0n) is 15.4. The average molecular weight is 320 g/mol. The van der Waals surface area contributed by atoms with E-state index < -0.39 is 11.9 Å². The van der Waals surface area contributed by atoms with Gasteiger partial charge in [-0.05, 0) is 54.9 Å². The molecule has 1 rings (SSSR count). The minimum absolute atomic E-state index is 0.103. The lowest BCUT2D eigenvalue weighted by Gasteiger charge is -2.34. The van der Waals surface area contributed by atoms with E-state index >= 15 is 0 Å². The lowest BCUT2D eigenvalue weighted by atomic mass is 9.81. The molecule has 0 N–H and O–H groups in total. The summed E-state index contributed by atoms with van der Waals surface area (Å²) in [5, 5.41) is 0. The van der Waals surface area contributed by atoms with Crippen molar-refractivity contribution in [2.45, 2.75) is 98.4 Å². The molecule has 1 fully saturated rings. The van der Waals surface area contributed by atoms with Crippen molar-refractivity contribution in [1.82, 2.24) is 0 Å². The van der Waals surface area contributed by atoms with E-state index in [-0.39, 0.29) is 23.2 Å². The topological polar surface area (TPSA) is 62.0 Å². The molecule has 2 unspecified atom stereocenters. The van der Waals surface area contributed by atoms with Crippen LogP contribution in [0, 0.1) is 5.41 Å². The quantitative estimate of drug-likeness (QED) is 0.383. The predicted molar refractivity (Wildman–Crippen MR) is 81.5 cm³/mol. The zero-order chi connectivity index (χ0) is 17.2. The predicted octanol–water partition coefficient (Wildman–Crippen LogP) is 3.94. The minimum Gasteiger partial charge on any atom is -0.233 e. The fraction of sp³-hybridized carbons (Fsp3) is 1.00. The van der Waals surface area contributed by atoms with Gasteiger partial charge in [0.15, 0.2) is 6.10 Å². The van der Waals surface area contributed by atoms with Gasteiger partial charge in [-0.25, -0.2) is 19.6 Å². The van der Waals surface area contributed by atoms with Crippen molar-refractivity contribution < 1.29 is 29.3 Å². The third kappa shape index (κ3) is 7.85. The first-order valence-corrected chi connectivity index (χ1v) is 7.81. The molecule has 0 aromatic rings. The first-order chi connectivity index (χ1) is 9.80. The summed E-state index contributed by atoms with van der Waals surface area (Å²) in [5.74, 6) is 0. The molecule has 1 aliphatic heterocycles. The van der Waals surface area contributed by atoms with E-state index in [0.717, 1.165) is 0 Å². The fourth-order valence-corrected chi connectivity index (χ4v) is 1.99. The van der Waals surface area contributed by atoms with E-state index in [0.29, 0.717) is 6.42 Å². The van der Waals surface area contributed by atoms with Crippen LogP contribution in [-0.2, 0) is 29.3 Å². The molecule has 0 saturated carbocycles. The number of hydrogen-bond acceptors (Lipinski definition) is 6. The fourth-order valence-electron chi connectivity index (χ4n) is 1.99. The summed E-state index contributed by atoms with van der Waals surface area (Å²) in [5.41, 5.74) is -1.03. The Bertz CT molecular complexity index is 338. The molecule has 1 saturated heterocycles. The molecular weight excluding hydrogens is 288 g/mol. The lowest BCUT2D eigenvalue weighted by Crippen LogP contribution is -2.41. The summed E-state index contributed by atoms with van der Waals surface area (Å²) >= 11 is 0. The largest absolute Gasteiger partial charge is 0.254 e. The van der Waals surface area contributed by atoms with E-state index in [1.165, 1.54) is 0 Å². The maximum Gasteiger partial charge on any atom is 0.254 e. The Labute approximate surface area is 134 Å². The molecule has 1 aliphatic rings. The van der Waals surface area contributed by atoms with Crippen LogP contribution in [0.1, 0.15) is 68.7 Å². The first-order valence-electron chi connectivity index (χ1n) is 7.81. The van der Waals surface area contributed by atoms with E-state index in [2.05, 4.69) is 13.8 Å². The summed E-state index contributed by atoms with van der Waals surface area (Å²) < 4.78 is 0. The van der Waals surface area contributed by atoms with Crippen molar-refractivity contribution in [2.24, 2.45) is 5.41 Å². The zero-order valence-corrected chi connectivity index (χ0v) is 15.4. The van der Waals surface area contributed by atoms with E-state index in [1.807, 2.05) is 48.5 Å². The summed E-state index contributed by atoms with van der Waals surface area (Å²) in [6.45, 7) is 17.7. The summed E-state index contributed by atoms with van der Waals surface area (Å²) in [4.78, 5) is 31.8. The summed E-state index contributed by atoms with van der Waals surface area (Å²) in [6.07, 6.45) is -0.168. The Morgan fingerprint density at radius 2 is 1.27 bits per heavy atom. The molecule has 0 aliphatic carbocycles. The van der Waals surface area contributed by atoms with Crippen LogP contribution < -0.4 is 0 Å². The van der Waals surface area contributed by atoms with Gasteiger partial charge in [0.05, 0.1) is 17.3 Å². The van der Waals surface area contributed by atoms with Crippen molar-refractivity contribution in [3.05, 3.63) is 0 Å². The van der Waals surface area contributed by atoms with Gasteiger partial charge < -0.3 is 0 Å². The Balaban J connectivity index is 2.56. The van der Waals surface area contributed by atoms with Crippen molar-refractivity contribution >= 4 is 0 Å². The molecule has 0 amide bonds. The molecule has 0 aromatic heterocycles. The molecule has 6 heteroatoms. The standard InChI is InChI=1S/C16H32O6/c1-11(17-21-14(2,3)4)10-16(8,9)12(13-19-20-13)18-22-15(5,6)7/h11-13H,10H2,1-9H3. The second kappa shape index (κ2) is 7.11. The van der Waals surface area contributed by atoms with Gasteiger partial charge in [0.1, 0.15) is 0 Å². The third-order valence-electron chi connectivity index (χ3n) is 2.90. The molecule has 6 nitrogen and oxygen atoms in total. The van der Waals surface area contributed by atoms with Gasteiger partial charge in [0.2, 0.25) is 0 Å². The van der Waals surface area contributed by atoms with Crippen molar-refractivity contribution in [3.63, 3.8) is 0 Å². The molecule has 0 radical (unpaired) electrons. The van der Waals surface area contributed by atoms with Crippen LogP contribution in [0.4, 0.5) is 0 Å². The van der Waals surface area contributed by atoms with E-state index in [1.54, 1.807) is 0 Å². The second-order valence-corrected chi connectivity index (χ2v) is 8.57. The number of rotatable bonds is 8. The molecule has 0 aromatic carbocycles. The molecule has 0 spiro atoms. The van der Waals surface area contributed by atoms with E-state index in [9.17, 15) is 0 Å². The molecule has 0 bridgehead atoms. The van der Waals surface area contributed by atoms with Gasteiger partial charge in [-0.3, -0.25) is 0 Å². The summed E-state index contributed by atoms with van der Waals surface area (Å²) in [7, 11) is 0. The Hall–Kier alpha value is -0.240. The smallest absolute Gasteiger partial charge is 0.233 e. The van der Waals surface area contributed by atoms with Crippen LogP contribution in [0.3, 0.4) is 0 Å². The maximum absolute atomic E-state index is 5.60. The molecule has 1 heterocycles. The Kier molecular flexibility index (Phi) is 6.40. The maximum atomic E-state index is 5.60. The third-order valence-corrected chi connectivity index (χ3v) is 2.90. The highest BCUT2D eigenvalue weighted by molar-refractivity contribution is 4.84. The van der Waals surface area contributed by atoms with Crippen LogP contribution >= 0.6 is 0 Å². The van der Waals surface area contributed by atoms with E-state index in [4.69, 9.17) is 29.3 Å². The molecule has 132 valence electrons. The monoisotopic (exact) mass is 320 g/mol. The highest BCUT2D eigenvalue weighted by atomic mass is 17.4. The van der Waals surface area contributed by atoms with Crippen molar-refractivity contribution in [3.8, 4) is 0 Å². The second-order valence-electron chi connectivity index (χ2n) is 8.57. The van der Waals surface area contributed by atoms with Gasteiger partial charge in [0, 0.05) is 5.41 Å². The minimum atomic E-state index is -0.409.